The van der Waals surface area contributed by atoms with Gasteiger partial charge in [-0.05, 0) is 56.5 Å². The molecular formula is C15H23NO. The number of hydrogen-bond acceptors (Lipinski definition) is 2. The molecule has 1 saturated heterocycles. The number of likely N-dealkylation sites (tertiary alicyclic amines) is 1. The molecule has 0 radical (unpaired) electrons. The van der Waals surface area contributed by atoms with Crippen molar-refractivity contribution in [1.82, 2.24) is 4.90 Å². The Morgan fingerprint density at radius 2 is 2.00 bits per heavy atom. The average molecular weight is 233 g/mol. The van der Waals surface area contributed by atoms with Crippen LogP contribution in [0.3, 0.4) is 0 Å². The summed E-state index contributed by atoms with van der Waals surface area (Å²) in [6.45, 7) is 7.09. The molecule has 94 valence electrons. The van der Waals surface area contributed by atoms with E-state index in [0.717, 1.165) is 11.7 Å². The van der Waals surface area contributed by atoms with Crippen molar-refractivity contribution in [2.45, 2.75) is 32.7 Å². The lowest BCUT2D eigenvalue weighted by molar-refractivity contribution is 0.147. The number of ether oxygens (including phenoxy) is 1. The molecule has 1 aliphatic rings. The highest BCUT2D eigenvalue weighted by Crippen LogP contribution is 2.27. The van der Waals surface area contributed by atoms with Crippen LogP contribution in [0.4, 0.5) is 0 Å². The van der Waals surface area contributed by atoms with Crippen molar-refractivity contribution in [3.63, 3.8) is 0 Å². The number of hydrogen-bond donors (Lipinski definition) is 0. The quantitative estimate of drug-likeness (QED) is 0.792. The van der Waals surface area contributed by atoms with E-state index in [2.05, 4.69) is 36.9 Å². The summed E-state index contributed by atoms with van der Waals surface area (Å²) in [6, 6.07) is 8.94. The van der Waals surface area contributed by atoms with Crippen LogP contribution in [0.1, 0.15) is 38.3 Å². The first kappa shape index (κ1) is 12.4. The van der Waals surface area contributed by atoms with Crippen molar-refractivity contribution in [2.24, 2.45) is 5.92 Å². The summed E-state index contributed by atoms with van der Waals surface area (Å²) in [4.78, 5) is 2.58. The third-order valence-corrected chi connectivity index (χ3v) is 3.94. The second-order valence-corrected chi connectivity index (χ2v) is 5.17. The molecule has 0 amide bonds. The summed E-state index contributed by atoms with van der Waals surface area (Å²) in [5.74, 6) is 1.85. The van der Waals surface area contributed by atoms with E-state index in [1.54, 1.807) is 7.11 Å². The number of methoxy groups -OCH3 is 1. The lowest BCUT2D eigenvalue weighted by Crippen LogP contribution is -2.34. The fraction of sp³-hybridized carbons (Fsp3) is 0.600. The molecule has 1 aromatic rings. The molecule has 0 bridgehead atoms. The molecule has 0 N–H and O–H groups in total. The molecule has 0 unspecified atom stereocenters. The molecule has 1 aliphatic heterocycles. The molecule has 1 atom stereocenters. The van der Waals surface area contributed by atoms with Gasteiger partial charge in [0.15, 0.2) is 0 Å². The van der Waals surface area contributed by atoms with Gasteiger partial charge in [-0.3, -0.25) is 4.90 Å². The Bertz CT molecular complexity index is 356. The van der Waals surface area contributed by atoms with E-state index in [-0.39, 0.29) is 0 Å². The lowest BCUT2D eigenvalue weighted by Gasteiger charge is -2.35. The monoisotopic (exact) mass is 233 g/mol. The van der Waals surface area contributed by atoms with Gasteiger partial charge in [0.2, 0.25) is 0 Å². The molecule has 2 heteroatoms. The first-order chi connectivity index (χ1) is 8.20. The van der Waals surface area contributed by atoms with Gasteiger partial charge in [0.1, 0.15) is 5.75 Å². The largest absolute Gasteiger partial charge is 0.497 e. The molecular weight excluding hydrogens is 210 g/mol. The maximum absolute atomic E-state index is 5.29. The fourth-order valence-electron chi connectivity index (χ4n) is 2.53. The average Bonchev–Trinajstić information content (AvgIpc) is 2.39. The highest BCUT2D eigenvalue weighted by molar-refractivity contribution is 5.30. The molecule has 0 spiro atoms. The van der Waals surface area contributed by atoms with E-state index < -0.39 is 0 Å². The van der Waals surface area contributed by atoms with E-state index in [9.17, 15) is 0 Å². The number of nitrogens with zero attached hydrogens (tertiary/aromatic N) is 1. The second-order valence-electron chi connectivity index (χ2n) is 5.17. The SMILES string of the molecule is COc1cccc([C@H](C)N2CCC(C)CC2)c1. The molecule has 1 aromatic carbocycles. The van der Waals surface area contributed by atoms with Crippen molar-refractivity contribution in [1.29, 1.82) is 0 Å². The van der Waals surface area contributed by atoms with Gasteiger partial charge >= 0.3 is 0 Å². The van der Waals surface area contributed by atoms with Gasteiger partial charge in [0.25, 0.3) is 0 Å². The Morgan fingerprint density at radius 1 is 1.29 bits per heavy atom. The molecule has 1 heterocycles. The second kappa shape index (κ2) is 5.54. The van der Waals surface area contributed by atoms with Gasteiger partial charge in [-0.1, -0.05) is 19.1 Å². The normalized spacial score (nSPS) is 20.2. The third kappa shape index (κ3) is 3.01. The van der Waals surface area contributed by atoms with Crippen LogP contribution in [-0.4, -0.2) is 25.1 Å². The van der Waals surface area contributed by atoms with Crippen molar-refractivity contribution >= 4 is 0 Å². The minimum Gasteiger partial charge on any atom is -0.497 e. The fourth-order valence-corrected chi connectivity index (χ4v) is 2.53. The highest BCUT2D eigenvalue weighted by Gasteiger charge is 2.21. The maximum Gasteiger partial charge on any atom is 0.119 e. The van der Waals surface area contributed by atoms with E-state index in [0.29, 0.717) is 6.04 Å². The predicted molar refractivity (Wildman–Crippen MR) is 71.4 cm³/mol. The Labute approximate surface area is 105 Å². The van der Waals surface area contributed by atoms with E-state index >= 15 is 0 Å². The van der Waals surface area contributed by atoms with Crippen molar-refractivity contribution in [2.75, 3.05) is 20.2 Å². The highest BCUT2D eigenvalue weighted by atomic mass is 16.5. The first-order valence-corrected chi connectivity index (χ1v) is 6.58. The summed E-state index contributed by atoms with van der Waals surface area (Å²) in [5.41, 5.74) is 1.36. The zero-order chi connectivity index (χ0) is 12.3. The van der Waals surface area contributed by atoms with Crippen LogP contribution < -0.4 is 4.74 Å². The zero-order valence-corrected chi connectivity index (χ0v) is 11.1. The third-order valence-electron chi connectivity index (χ3n) is 3.94. The van der Waals surface area contributed by atoms with Crippen LogP contribution in [0.5, 0.6) is 5.75 Å². The van der Waals surface area contributed by atoms with Gasteiger partial charge < -0.3 is 4.74 Å². The summed E-state index contributed by atoms with van der Waals surface area (Å²) >= 11 is 0. The number of rotatable bonds is 3. The van der Waals surface area contributed by atoms with Crippen LogP contribution in [0, 0.1) is 5.92 Å². The van der Waals surface area contributed by atoms with Gasteiger partial charge in [-0.15, -0.1) is 0 Å². The van der Waals surface area contributed by atoms with E-state index in [1.165, 1.54) is 31.5 Å². The van der Waals surface area contributed by atoms with Crippen LogP contribution >= 0.6 is 0 Å². The minimum atomic E-state index is 0.498. The molecule has 17 heavy (non-hydrogen) atoms. The topological polar surface area (TPSA) is 12.5 Å². The maximum atomic E-state index is 5.29. The predicted octanol–water partition coefficient (Wildman–Crippen LogP) is 3.49. The molecule has 2 nitrogen and oxygen atoms in total. The van der Waals surface area contributed by atoms with Crippen LogP contribution in [0.15, 0.2) is 24.3 Å². The van der Waals surface area contributed by atoms with Crippen molar-refractivity contribution in [3.8, 4) is 5.75 Å². The van der Waals surface area contributed by atoms with E-state index in [1.807, 2.05) is 6.07 Å². The zero-order valence-electron chi connectivity index (χ0n) is 11.1. The van der Waals surface area contributed by atoms with Crippen molar-refractivity contribution < 1.29 is 4.74 Å². The summed E-state index contributed by atoms with van der Waals surface area (Å²) in [6.07, 6.45) is 2.66. The lowest BCUT2D eigenvalue weighted by atomic mass is 9.96. The number of benzene rings is 1. The Hall–Kier alpha value is -1.02. The Balaban J connectivity index is 2.05. The molecule has 0 saturated carbocycles. The van der Waals surface area contributed by atoms with Gasteiger partial charge in [-0.2, -0.15) is 0 Å². The first-order valence-electron chi connectivity index (χ1n) is 6.58. The van der Waals surface area contributed by atoms with Crippen LogP contribution in [-0.2, 0) is 0 Å². The Kier molecular flexibility index (Phi) is 4.06. The number of piperidine rings is 1. The van der Waals surface area contributed by atoms with Crippen LogP contribution in [0.2, 0.25) is 0 Å². The summed E-state index contributed by atoms with van der Waals surface area (Å²) in [7, 11) is 1.73. The smallest absolute Gasteiger partial charge is 0.119 e. The van der Waals surface area contributed by atoms with Gasteiger partial charge in [0.05, 0.1) is 7.11 Å². The molecule has 0 aromatic heterocycles. The minimum absolute atomic E-state index is 0.498. The standard InChI is InChI=1S/C15H23NO/c1-12-7-9-16(10-8-12)13(2)14-5-4-6-15(11-14)17-3/h4-6,11-13H,7-10H2,1-3H3/t13-/m0/s1. The molecule has 1 fully saturated rings. The summed E-state index contributed by atoms with van der Waals surface area (Å²) in [5, 5.41) is 0. The van der Waals surface area contributed by atoms with Gasteiger partial charge in [0, 0.05) is 6.04 Å². The van der Waals surface area contributed by atoms with Crippen LogP contribution in [0.25, 0.3) is 0 Å². The molecule has 0 aliphatic carbocycles. The molecule has 2 rings (SSSR count). The van der Waals surface area contributed by atoms with E-state index in [4.69, 9.17) is 4.74 Å². The summed E-state index contributed by atoms with van der Waals surface area (Å²) < 4.78 is 5.29. The Morgan fingerprint density at radius 3 is 2.65 bits per heavy atom. The van der Waals surface area contributed by atoms with Gasteiger partial charge in [-0.25, -0.2) is 0 Å². The van der Waals surface area contributed by atoms with Crippen molar-refractivity contribution in [3.05, 3.63) is 29.8 Å².